The molecule has 2 rings (SSSR count). The van der Waals surface area contributed by atoms with Crippen molar-refractivity contribution in [3.8, 4) is 5.75 Å². The smallest absolute Gasteiger partial charge is 0.211 e. The van der Waals surface area contributed by atoms with Gasteiger partial charge in [-0.15, -0.1) is 0 Å². The molecular weight excluding hydrogens is 655 g/mol. The van der Waals surface area contributed by atoms with E-state index in [0.717, 1.165) is 41.8 Å². The normalized spacial score (nSPS) is 12.0. The summed E-state index contributed by atoms with van der Waals surface area (Å²) in [5.74, 6) is 0.852. The first kappa shape index (κ1) is 38.8. The minimum Gasteiger partial charge on any atom is -1.00 e. The van der Waals surface area contributed by atoms with Crippen molar-refractivity contribution in [2.45, 2.75) is 143 Å². The Bertz CT molecular complexity index is 1100. The molecule has 5 nitrogen and oxygen atoms in total. The summed E-state index contributed by atoms with van der Waals surface area (Å²) in [6, 6.07) is 10.2. The lowest BCUT2D eigenvalue weighted by Gasteiger charge is -2.27. The van der Waals surface area contributed by atoms with Crippen molar-refractivity contribution in [3.05, 3.63) is 59.4 Å². The highest BCUT2D eigenvalue weighted by molar-refractivity contribution is 7.88. The van der Waals surface area contributed by atoms with E-state index in [4.69, 9.17) is 4.74 Å². The summed E-state index contributed by atoms with van der Waals surface area (Å²) >= 11 is 0. The lowest BCUT2D eigenvalue weighted by molar-refractivity contribution is -0.697. The number of rotatable bonds is 21. The van der Waals surface area contributed by atoms with Crippen molar-refractivity contribution < 1.29 is 41.7 Å². The topological polar surface area (TPSA) is 50.5 Å². The molecule has 0 atom stereocenters. The van der Waals surface area contributed by atoms with Gasteiger partial charge in [0.25, 0.3) is 0 Å². The third-order valence-electron chi connectivity index (χ3n) is 7.77. The average molecular weight is 715 g/mol. The molecule has 1 aromatic heterocycles. The second-order valence-electron chi connectivity index (χ2n) is 12.8. The molecule has 2 aromatic rings. The molecule has 0 fully saturated rings. The maximum Gasteiger partial charge on any atom is 0.211 e. The van der Waals surface area contributed by atoms with Gasteiger partial charge in [0.1, 0.15) is 12.3 Å². The van der Waals surface area contributed by atoms with Gasteiger partial charge in [0.15, 0.2) is 12.4 Å². The van der Waals surface area contributed by atoms with Crippen LogP contribution in [0.4, 0.5) is 0 Å². The van der Waals surface area contributed by atoms with Crippen molar-refractivity contribution in [1.82, 2.24) is 4.31 Å². The summed E-state index contributed by atoms with van der Waals surface area (Å²) in [6.45, 7) is 13.2. The van der Waals surface area contributed by atoms with Crippen LogP contribution in [0.3, 0.4) is 0 Å². The summed E-state index contributed by atoms with van der Waals surface area (Å²) in [5.41, 5.74) is 2.93. The van der Waals surface area contributed by atoms with Crippen LogP contribution in [-0.4, -0.2) is 25.6 Å². The van der Waals surface area contributed by atoms with Gasteiger partial charge in [0, 0.05) is 37.2 Å². The third kappa shape index (κ3) is 15.0. The molecule has 0 spiro atoms. The van der Waals surface area contributed by atoms with Gasteiger partial charge in [-0.05, 0) is 23.0 Å². The molecule has 0 aliphatic heterocycles. The highest BCUT2D eigenvalue weighted by atomic mass is 127. The predicted molar refractivity (Wildman–Crippen MR) is 173 cm³/mol. The molecule has 0 radical (unpaired) electrons. The molecule has 0 saturated heterocycles. The Morgan fingerprint density at radius 1 is 0.762 bits per heavy atom. The van der Waals surface area contributed by atoms with E-state index in [0.29, 0.717) is 19.7 Å². The Hall–Kier alpha value is -1.19. The van der Waals surface area contributed by atoms with Gasteiger partial charge in [-0.2, -0.15) is 4.31 Å². The van der Waals surface area contributed by atoms with Gasteiger partial charge >= 0.3 is 0 Å². The molecule has 0 amide bonds. The van der Waals surface area contributed by atoms with Crippen LogP contribution in [0.25, 0.3) is 0 Å². The lowest BCUT2D eigenvalue weighted by Crippen LogP contribution is -3.00. The van der Waals surface area contributed by atoms with Crippen molar-refractivity contribution in [3.63, 3.8) is 0 Å². The van der Waals surface area contributed by atoms with Crippen LogP contribution in [0.1, 0.15) is 135 Å². The molecule has 0 aliphatic carbocycles. The monoisotopic (exact) mass is 714 g/mol. The first-order valence-electron chi connectivity index (χ1n) is 16.2. The van der Waals surface area contributed by atoms with E-state index in [9.17, 15) is 8.42 Å². The number of nitrogens with zero attached hydrogens (tertiary/aromatic N) is 2. The summed E-state index contributed by atoms with van der Waals surface area (Å²) < 4.78 is 35.9. The molecule has 0 aliphatic rings. The molecule has 1 aromatic carbocycles. The zero-order valence-corrected chi connectivity index (χ0v) is 30.4. The van der Waals surface area contributed by atoms with E-state index in [1.807, 2.05) is 36.7 Å². The Labute approximate surface area is 275 Å². The zero-order chi connectivity index (χ0) is 30.1. The molecule has 42 heavy (non-hydrogen) atoms. The van der Waals surface area contributed by atoms with Gasteiger partial charge in [0.05, 0.1) is 12.9 Å². The van der Waals surface area contributed by atoms with E-state index in [1.165, 1.54) is 76.9 Å². The first-order chi connectivity index (χ1) is 19.6. The SMILES string of the molecule is CCCCCCCCCCCCCCOc1c(CN(Cc2cc[n+](CCC)cc2)S(C)(=O)=O)cccc1C(C)(C)C.[I-]. The Kier molecular flexibility index (Phi) is 19.1. The summed E-state index contributed by atoms with van der Waals surface area (Å²) in [7, 11) is -3.42. The molecular formula is C35H59IN2O3S. The van der Waals surface area contributed by atoms with Crippen LogP contribution in [0.5, 0.6) is 5.75 Å². The standard InChI is InChI=1S/C35H59N2O3S.HI/c1-7-9-10-11-12-13-14-15-16-17-18-19-28-40-34-32(21-20-22-33(34)35(3,4)5)30-37(41(6,38)39)29-31-23-26-36(25-8-2)27-24-31;/h20-24,26-27H,7-19,25,28-30H2,1-6H3;1H/q+1;/p-1. The molecule has 0 saturated carbocycles. The summed E-state index contributed by atoms with van der Waals surface area (Å²) in [6.07, 6.45) is 22.2. The lowest BCUT2D eigenvalue weighted by atomic mass is 9.85. The second kappa shape index (κ2) is 20.7. The van der Waals surface area contributed by atoms with Crippen molar-refractivity contribution in [1.29, 1.82) is 0 Å². The van der Waals surface area contributed by atoms with Gasteiger partial charge in [-0.3, -0.25) is 0 Å². The van der Waals surface area contributed by atoms with Crippen LogP contribution in [0.15, 0.2) is 42.7 Å². The van der Waals surface area contributed by atoms with E-state index in [2.05, 4.69) is 45.3 Å². The number of halogens is 1. The van der Waals surface area contributed by atoms with Gasteiger partial charge in [-0.25, -0.2) is 13.0 Å². The predicted octanol–water partition coefficient (Wildman–Crippen LogP) is 5.73. The highest BCUT2D eigenvalue weighted by Gasteiger charge is 2.25. The number of benzene rings is 1. The number of aromatic nitrogens is 1. The zero-order valence-electron chi connectivity index (χ0n) is 27.5. The fourth-order valence-corrected chi connectivity index (χ4v) is 6.03. The number of unbranched alkanes of at least 4 members (excludes halogenated alkanes) is 11. The summed E-state index contributed by atoms with van der Waals surface area (Å²) in [5, 5.41) is 0. The number of aryl methyl sites for hydroxylation is 1. The van der Waals surface area contributed by atoms with Crippen LogP contribution in [0.2, 0.25) is 0 Å². The van der Waals surface area contributed by atoms with Crippen molar-refractivity contribution in [2.75, 3.05) is 12.9 Å². The Morgan fingerprint density at radius 2 is 1.31 bits per heavy atom. The minimum atomic E-state index is -3.42. The van der Waals surface area contributed by atoms with Crippen LogP contribution < -0.4 is 33.3 Å². The van der Waals surface area contributed by atoms with Crippen molar-refractivity contribution in [2.24, 2.45) is 0 Å². The first-order valence-corrected chi connectivity index (χ1v) is 18.1. The van der Waals surface area contributed by atoms with Crippen molar-refractivity contribution >= 4 is 10.0 Å². The Balaban J connectivity index is 0.00000882. The molecule has 7 heteroatoms. The van der Waals surface area contributed by atoms with E-state index in [-0.39, 0.29) is 29.4 Å². The number of pyridine rings is 1. The van der Waals surface area contributed by atoms with Gasteiger partial charge in [0.2, 0.25) is 10.0 Å². The molecule has 0 N–H and O–H groups in total. The van der Waals surface area contributed by atoms with Gasteiger partial charge < -0.3 is 28.7 Å². The van der Waals surface area contributed by atoms with Crippen LogP contribution >= 0.6 is 0 Å². The molecule has 240 valence electrons. The maximum absolute atomic E-state index is 12.9. The molecule has 1 heterocycles. The number of hydrogen-bond acceptors (Lipinski definition) is 3. The van der Waals surface area contributed by atoms with E-state index in [1.54, 1.807) is 4.31 Å². The number of para-hydroxylation sites is 1. The van der Waals surface area contributed by atoms with Crippen LogP contribution in [-0.2, 0) is 35.1 Å². The highest BCUT2D eigenvalue weighted by Crippen LogP contribution is 2.35. The number of hydrogen-bond donors (Lipinski definition) is 0. The second-order valence-corrected chi connectivity index (χ2v) is 14.7. The number of ether oxygens (including phenoxy) is 1. The van der Waals surface area contributed by atoms with Gasteiger partial charge in [-0.1, -0.05) is 123 Å². The maximum atomic E-state index is 12.9. The average Bonchev–Trinajstić information content (AvgIpc) is 2.91. The molecule has 0 bridgehead atoms. The fourth-order valence-electron chi connectivity index (χ4n) is 5.27. The fraction of sp³-hybridized carbons (Fsp3) is 0.686. The van der Waals surface area contributed by atoms with E-state index < -0.39 is 10.0 Å². The number of sulfonamides is 1. The third-order valence-corrected chi connectivity index (χ3v) is 8.96. The Morgan fingerprint density at radius 3 is 1.81 bits per heavy atom. The largest absolute Gasteiger partial charge is 1.00 e. The van der Waals surface area contributed by atoms with Crippen LogP contribution in [0, 0.1) is 0 Å². The quantitative estimate of drug-likeness (QED) is 0.0945. The molecule has 0 unspecified atom stereocenters. The van der Waals surface area contributed by atoms with E-state index >= 15 is 0 Å². The minimum absolute atomic E-state index is 0. The summed E-state index contributed by atoms with van der Waals surface area (Å²) in [4.78, 5) is 0.